The van der Waals surface area contributed by atoms with Crippen LogP contribution in [0.2, 0.25) is 0 Å². The van der Waals surface area contributed by atoms with Crippen molar-refractivity contribution in [2.24, 2.45) is 0 Å². The van der Waals surface area contributed by atoms with Crippen LogP contribution in [0.25, 0.3) is 0 Å². The third-order valence-electron chi connectivity index (χ3n) is 7.74. The molecule has 0 aliphatic carbocycles. The molecule has 0 aromatic heterocycles. The summed E-state index contributed by atoms with van der Waals surface area (Å²) >= 11 is 0. The lowest BCUT2D eigenvalue weighted by molar-refractivity contribution is -0.385. The summed E-state index contributed by atoms with van der Waals surface area (Å²) < 4.78 is 11.5. The molecule has 39 heavy (non-hydrogen) atoms. The van der Waals surface area contributed by atoms with Crippen molar-refractivity contribution in [1.82, 2.24) is 9.80 Å². The topological polar surface area (TPSA) is 85.2 Å². The molecular formula is C31H45N3O5. The minimum Gasteiger partial charge on any atom is -0.490 e. The summed E-state index contributed by atoms with van der Waals surface area (Å²) in [5.41, 5.74) is 2.81. The minimum atomic E-state index is -0.451. The van der Waals surface area contributed by atoms with Gasteiger partial charge in [0.15, 0.2) is 0 Å². The van der Waals surface area contributed by atoms with Crippen molar-refractivity contribution < 1.29 is 19.2 Å². The Bertz CT molecular complexity index is 1060. The van der Waals surface area contributed by atoms with Crippen molar-refractivity contribution in [2.45, 2.75) is 78.2 Å². The van der Waals surface area contributed by atoms with E-state index in [1.165, 1.54) is 23.6 Å². The zero-order chi connectivity index (χ0) is 26.9. The molecule has 0 radical (unpaired) electrons. The molecule has 2 aromatic rings. The average molecular weight is 540 g/mol. The van der Waals surface area contributed by atoms with E-state index >= 15 is 0 Å². The van der Waals surface area contributed by atoms with Gasteiger partial charge in [-0.1, -0.05) is 45.0 Å². The molecule has 4 rings (SSSR count). The molecule has 2 heterocycles. The molecule has 0 saturated carbocycles. The highest BCUT2D eigenvalue weighted by atomic mass is 16.6. The fourth-order valence-electron chi connectivity index (χ4n) is 5.55. The summed E-state index contributed by atoms with van der Waals surface area (Å²) in [5, 5.41) is 11.2. The number of nitro benzene ring substituents is 1. The number of benzene rings is 2. The molecule has 0 spiro atoms. The second-order valence-corrected chi connectivity index (χ2v) is 10.4. The smallest absolute Gasteiger partial charge is 0.311 e. The van der Waals surface area contributed by atoms with E-state index < -0.39 is 4.92 Å². The summed E-state index contributed by atoms with van der Waals surface area (Å²) in [6, 6.07) is 13.8. The van der Waals surface area contributed by atoms with E-state index in [4.69, 9.17) is 9.47 Å². The van der Waals surface area contributed by atoms with E-state index in [1.54, 1.807) is 19.1 Å². The number of rotatable bonds is 11. The first-order chi connectivity index (χ1) is 18.5. The monoisotopic (exact) mass is 539 g/mol. The number of nitrogens with zero attached hydrogens (tertiary/aromatic N) is 3. The molecule has 8 heteroatoms. The predicted molar refractivity (Wildman–Crippen MR) is 155 cm³/mol. The molecule has 1 amide bonds. The molecule has 0 unspecified atom stereocenters. The summed E-state index contributed by atoms with van der Waals surface area (Å²) in [4.78, 5) is 28.0. The van der Waals surface area contributed by atoms with Crippen LogP contribution < -0.4 is 9.47 Å². The molecule has 2 aromatic carbocycles. The second kappa shape index (κ2) is 14.9. The molecule has 2 aliphatic heterocycles. The van der Waals surface area contributed by atoms with Gasteiger partial charge in [0.05, 0.1) is 11.5 Å². The van der Waals surface area contributed by atoms with Crippen LogP contribution in [0.4, 0.5) is 5.69 Å². The fourth-order valence-corrected chi connectivity index (χ4v) is 5.55. The first kappa shape index (κ1) is 30.4. The minimum absolute atomic E-state index is 0. The van der Waals surface area contributed by atoms with Gasteiger partial charge in [0, 0.05) is 51.0 Å². The number of nitro groups is 1. The number of aryl methyl sites for hydroxylation is 1. The number of piperidine rings is 2. The molecule has 2 fully saturated rings. The number of carbonyl (C=O) groups is 1. The molecular weight excluding hydrogens is 494 g/mol. The summed E-state index contributed by atoms with van der Waals surface area (Å²) in [6.07, 6.45) is 6.65. The van der Waals surface area contributed by atoms with E-state index in [0.717, 1.165) is 51.7 Å². The zero-order valence-electron chi connectivity index (χ0n) is 22.8. The Balaban J connectivity index is 0.00000420. The standard InChI is InChI=1S/C30H41N3O5.CH4/c1-3-5-23-6-8-24(9-7-23)25-12-17-31(18-13-25)19-16-30(34)32-20-14-26(15-21-32)38-27-10-11-28(33(35)36)29(22-27)37-4-2;/h6-11,22,25-26H,3-5,12-21H2,1-2H3;1H4. The van der Waals surface area contributed by atoms with E-state index in [1.807, 2.05) is 4.90 Å². The van der Waals surface area contributed by atoms with Gasteiger partial charge >= 0.3 is 5.69 Å². The highest BCUT2D eigenvalue weighted by Crippen LogP contribution is 2.32. The van der Waals surface area contributed by atoms with Crippen molar-refractivity contribution in [3.8, 4) is 11.5 Å². The molecule has 2 saturated heterocycles. The third kappa shape index (κ3) is 8.43. The van der Waals surface area contributed by atoms with Gasteiger partial charge in [-0.05, 0) is 62.4 Å². The summed E-state index contributed by atoms with van der Waals surface area (Å²) in [6.45, 7) is 8.60. The van der Waals surface area contributed by atoms with Gasteiger partial charge in [-0.25, -0.2) is 0 Å². The van der Waals surface area contributed by atoms with Crippen LogP contribution in [-0.2, 0) is 11.2 Å². The number of carbonyl (C=O) groups excluding carboxylic acids is 1. The van der Waals surface area contributed by atoms with E-state index in [0.29, 0.717) is 37.8 Å². The quantitative estimate of drug-likeness (QED) is 0.249. The maximum atomic E-state index is 12.9. The first-order valence-corrected chi connectivity index (χ1v) is 14.1. The van der Waals surface area contributed by atoms with E-state index in [2.05, 4.69) is 36.1 Å². The van der Waals surface area contributed by atoms with Gasteiger partial charge < -0.3 is 19.3 Å². The van der Waals surface area contributed by atoms with Gasteiger partial charge in [-0.3, -0.25) is 14.9 Å². The predicted octanol–water partition coefficient (Wildman–Crippen LogP) is 6.22. The Morgan fingerprint density at radius 3 is 2.31 bits per heavy atom. The van der Waals surface area contributed by atoms with Gasteiger partial charge in [0.1, 0.15) is 11.9 Å². The molecule has 0 bridgehead atoms. The number of hydrogen-bond acceptors (Lipinski definition) is 6. The van der Waals surface area contributed by atoms with Crippen LogP contribution in [0.15, 0.2) is 42.5 Å². The molecule has 0 N–H and O–H groups in total. The first-order valence-electron chi connectivity index (χ1n) is 14.1. The summed E-state index contributed by atoms with van der Waals surface area (Å²) in [5.74, 6) is 1.61. The molecule has 2 aliphatic rings. The Labute approximate surface area is 233 Å². The van der Waals surface area contributed by atoms with Gasteiger partial charge in [0.25, 0.3) is 0 Å². The Morgan fingerprint density at radius 1 is 1.00 bits per heavy atom. The van der Waals surface area contributed by atoms with E-state index in [9.17, 15) is 14.9 Å². The maximum absolute atomic E-state index is 12.9. The zero-order valence-corrected chi connectivity index (χ0v) is 22.8. The number of ether oxygens (including phenoxy) is 2. The molecule has 214 valence electrons. The van der Waals surface area contributed by atoms with Crippen LogP contribution in [-0.4, -0.2) is 66.1 Å². The lowest BCUT2D eigenvalue weighted by Crippen LogP contribution is -2.43. The highest BCUT2D eigenvalue weighted by Gasteiger charge is 2.26. The average Bonchev–Trinajstić information content (AvgIpc) is 2.93. The lowest BCUT2D eigenvalue weighted by Gasteiger charge is -2.34. The van der Waals surface area contributed by atoms with Crippen molar-refractivity contribution >= 4 is 11.6 Å². The number of likely N-dealkylation sites (tertiary alicyclic amines) is 2. The van der Waals surface area contributed by atoms with E-state index in [-0.39, 0.29) is 30.9 Å². The van der Waals surface area contributed by atoms with Crippen molar-refractivity contribution in [2.75, 3.05) is 39.3 Å². The Kier molecular flexibility index (Phi) is 11.6. The maximum Gasteiger partial charge on any atom is 0.311 e. The van der Waals surface area contributed by atoms with Crippen LogP contribution in [0.3, 0.4) is 0 Å². The van der Waals surface area contributed by atoms with Crippen LogP contribution in [0.5, 0.6) is 11.5 Å². The lowest BCUT2D eigenvalue weighted by atomic mass is 9.88. The summed E-state index contributed by atoms with van der Waals surface area (Å²) in [7, 11) is 0. The highest BCUT2D eigenvalue weighted by molar-refractivity contribution is 5.76. The molecule has 0 atom stereocenters. The SMILES string of the molecule is C.CCCc1ccc(C2CCN(CCC(=O)N3CCC(Oc4ccc([N+](=O)[O-])c(OCC)c4)CC3)CC2)cc1. The Morgan fingerprint density at radius 2 is 1.69 bits per heavy atom. The van der Waals surface area contributed by atoms with Crippen molar-refractivity contribution in [3.63, 3.8) is 0 Å². The van der Waals surface area contributed by atoms with Crippen LogP contribution in [0, 0.1) is 10.1 Å². The van der Waals surface area contributed by atoms with Crippen LogP contribution >= 0.6 is 0 Å². The number of amides is 1. The van der Waals surface area contributed by atoms with Gasteiger partial charge in [0.2, 0.25) is 11.7 Å². The van der Waals surface area contributed by atoms with Crippen molar-refractivity contribution in [3.05, 3.63) is 63.7 Å². The second-order valence-electron chi connectivity index (χ2n) is 10.4. The van der Waals surface area contributed by atoms with Gasteiger partial charge in [-0.15, -0.1) is 0 Å². The van der Waals surface area contributed by atoms with Crippen LogP contribution in [0.1, 0.15) is 76.8 Å². The fraction of sp³-hybridized carbons (Fsp3) is 0.581. The molecule has 8 nitrogen and oxygen atoms in total. The third-order valence-corrected chi connectivity index (χ3v) is 7.74. The number of hydrogen-bond donors (Lipinski definition) is 0. The van der Waals surface area contributed by atoms with Crippen molar-refractivity contribution in [1.29, 1.82) is 0 Å². The van der Waals surface area contributed by atoms with Gasteiger partial charge in [-0.2, -0.15) is 0 Å². The normalized spacial score (nSPS) is 16.9. The largest absolute Gasteiger partial charge is 0.490 e. The Hall–Kier alpha value is -3.13.